The lowest BCUT2D eigenvalue weighted by Gasteiger charge is -2.29. The van der Waals surface area contributed by atoms with Crippen LogP contribution in [-0.2, 0) is 16.1 Å². The Labute approximate surface area is 228 Å². The second kappa shape index (κ2) is 13.8. The molecule has 10 heteroatoms. The lowest BCUT2D eigenvalue weighted by Crippen LogP contribution is -2.35. The van der Waals surface area contributed by atoms with Crippen molar-refractivity contribution in [2.24, 2.45) is 0 Å². The van der Waals surface area contributed by atoms with Gasteiger partial charge in [-0.3, -0.25) is 23.9 Å². The topological polar surface area (TPSA) is 107 Å². The van der Waals surface area contributed by atoms with Crippen LogP contribution in [0.5, 0.6) is 0 Å². The van der Waals surface area contributed by atoms with E-state index in [1.54, 1.807) is 16.4 Å². The summed E-state index contributed by atoms with van der Waals surface area (Å²) >= 11 is 6.75. The van der Waals surface area contributed by atoms with Gasteiger partial charge in [-0.15, -0.1) is 0 Å². The molecule has 0 spiro atoms. The molecule has 2 aliphatic heterocycles. The quantitative estimate of drug-likeness (QED) is 0.234. The van der Waals surface area contributed by atoms with E-state index in [1.807, 2.05) is 6.08 Å². The van der Waals surface area contributed by atoms with Crippen LogP contribution in [0.15, 0.2) is 9.70 Å². The predicted octanol–water partition coefficient (Wildman–Crippen LogP) is 5.06. The molecular weight excluding hydrogens is 508 g/mol. The Morgan fingerprint density at radius 1 is 1.11 bits per heavy atom. The number of nitriles is 1. The fourth-order valence-electron chi connectivity index (χ4n) is 4.84. The highest BCUT2D eigenvalue weighted by Gasteiger charge is 2.33. The third-order valence-corrected chi connectivity index (χ3v) is 8.29. The maximum absolute atomic E-state index is 13.4. The van der Waals surface area contributed by atoms with E-state index in [9.17, 15) is 19.6 Å². The van der Waals surface area contributed by atoms with Crippen molar-refractivity contribution in [2.45, 2.75) is 84.6 Å². The Bertz CT molecular complexity index is 1160. The molecule has 37 heavy (non-hydrogen) atoms. The summed E-state index contributed by atoms with van der Waals surface area (Å²) in [5.41, 5.74) is 1.20. The van der Waals surface area contributed by atoms with Crippen molar-refractivity contribution in [2.75, 3.05) is 24.5 Å². The molecule has 2 aliphatic rings. The summed E-state index contributed by atoms with van der Waals surface area (Å²) in [6.07, 6.45) is 9.97. The van der Waals surface area contributed by atoms with E-state index in [0.29, 0.717) is 47.1 Å². The zero-order valence-corrected chi connectivity index (χ0v) is 23.4. The molecule has 8 nitrogen and oxygen atoms in total. The number of amides is 1. The zero-order valence-electron chi connectivity index (χ0n) is 21.8. The molecule has 0 atom stereocenters. The number of carboxylic acid groups (broad SMARTS) is 1. The summed E-state index contributed by atoms with van der Waals surface area (Å²) in [4.78, 5) is 41.8. The normalized spacial score (nSPS) is 17.4. The van der Waals surface area contributed by atoms with E-state index in [2.05, 4.69) is 17.9 Å². The number of thiocarbonyl (C=S) groups is 1. The van der Waals surface area contributed by atoms with E-state index in [0.717, 1.165) is 63.0 Å². The predicted molar refractivity (Wildman–Crippen MR) is 152 cm³/mol. The number of rotatable bonds is 11. The summed E-state index contributed by atoms with van der Waals surface area (Å²) < 4.78 is 2.22. The molecule has 2 fully saturated rings. The van der Waals surface area contributed by atoms with Gasteiger partial charge in [0, 0.05) is 38.2 Å². The molecule has 1 aromatic rings. The van der Waals surface area contributed by atoms with Crippen molar-refractivity contribution in [3.05, 3.63) is 31.9 Å². The second-order valence-electron chi connectivity index (χ2n) is 9.60. The molecule has 0 aliphatic carbocycles. The molecule has 2 saturated heterocycles. The first-order valence-electron chi connectivity index (χ1n) is 13.2. The first-order chi connectivity index (χ1) is 17.8. The van der Waals surface area contributed by atoms with Gasteiger partial charge in [0.1, 0.15) is 21.8 Å². The number of hydrogen-bond donors (Lipinski definition) is 1. The van der Waals surface area contributed by atoms with Gasteiger partial charge in [-0.05, 0) is 50.7 Å². The fourth-order valence-corrected chi connectivity index (χ4v) is 6.13. The highest BCUT2D eigenvalue weighted by Crippen LogP contribution is 2.36. The van der Waals surface area contributed by atoms with E-state index in [1.165, 1.54) is 11.8 Å². The summed E-state index contributed by atoms with van der Waals surface area (Å²) in [6, 6.07) is 2.11. The number of pyridine rings is 1. The first-order valence-corrected chi connectivity index (χ1v) is 14.4. The summed E-state index contributed by atoms with van der Waals surface area (Å²) in [6.45, 7) is 6.49. The zero-order chi connectivity index (χ0) is 26.9. The standard InChI is InChI=1S/C27H36N4O4S2/c1-3-4-15-30-24(29-13-9-5-6-10-14-29)20(19(2)21(18-28)25(30)34)17-22-26(35)31(27(36)37-22)16-11-7-8-12-23(32)33/h17H,3-16H2,1-2H3,(H,32,33)/b22-17+. The van der Waals surface area contributed by atoms with Gasteiger partial charge in [0.15, 0.2) is 0 Å². The Morgan fingerprint density at radius 3 is 2.43 bits per heavy atom. The third kappa shape index (κ3) is 7.02. The number of unbranched alkanes of at least 4 members (excludes halogenated alkanes) is 3. The van der Waals surface area contributed by atoms with E-state index >= 15 is 0 Å². The van der Waals surface area contributed by atoms with Crippen LogP contribution < -0.4 is 10.5 Å². The molecule has 0 unspecified atom stereocenters. The van der Waals surface area contributed by atoms with Gasteiger partial charge in [0.25, 0.3) is 11.5 Å². The van der Waals surface area contributed by atoms with Gasteiger partial charge < -0.3 is 10.0 Å². The molecular formula is C27H36N4O4S2. The SMILES string of the molecule is CCCCn1c(N2CCCCCC2)c(/C=C2/SC(=S)N(CCCCCC(=O)O)C2=O)c(C)c(C#N)c1=O. The average molecular weight is 545 g/mol. The Kier molecular flexibility index (Phi) is 10.8. The highest BCUT2D eigenvalue weighted by molar-refractivity contribution is 8.26. The van der Waals surface area contributed by atoms with Gasteiger partial charge >= 0.3 is 5.97 Å². The van der Waals surface area contributed by atoms with Crippen LogP contribution in [0.3, 0.4) is 0 Å². The van der Waals surface area contributed by atoms with Gasteiger partial charge in [-0.1, -0.05) is 56.6 Å². The number of hydrogen-bond acceptors (Lipinski definition) is 7. The Balaban J connectivity index is 2.01. The van der Waals surface area contributed by atoms with Gasteiger partial charge in [-0.25, -0.2) is 0 Å². The van der Waals surface area contributed by atoms with Gasteiger partial charge in [0.05, 0.1) is 4.91 Å². The third-order valence-electron chi connectivity index (χ3n) is 6.91. The number of carbonyl (C=O) groups is 2. The van der Waals surface area contributed by atoms with Gasteiger partial charge in [-0.2, -0.15) is 5.26 Å². The maximum atomic E-state index is 13.4. The number of carboxylic acids is 1. The molecule has 1 aromatic heterocycles. The minimum atomic E-state index is -0.818. The lowest BCUT2D eigenvalue weighted by atomic mass is 10.0. The van der Waals surface area contributed by atoms with E-state index < -0.39 is 5.97 Å². The van der Waals surface area contributed by atoms with Crippen LogP contribution in [-0.4, -0.2) is 50.4 Å². The van der Waals surface area contributed by atoms with Crippen molar-refractivity contribution in [3.63, 3.8) is 0 Å². The Hall–Kier alpha value is -2.64. The summed E-state index contributed by atoms with van der Waals surface area (Å²) in [5.74, 6) is -0.198. The van der Waals surface area contributed by atoms with Crippen molar-refractivity contribution in [1.82, 2.24) is 9.47 Å². The smallest absolute Gasteiger partial charge is 0.303 e. The number of aromatic nitrogens is 1. The minimum absolute atomic E-state index is 0.117. The summed E-state index contributed by atoms with van der Waals surface area (Å²) in [7, 11) is 0. The summed E-state index contributed by atoms with van der Waals surface area (Å²) in [5, 5.41) is 18.7. The van der Waals surface area contributed by atoms with Crippen LogP contribution in [0.2, 0.25) is 0 Å². The van der Waals surface area contributed by atoms with Crippen LogP contribution in [0.1, 0.15) is 87.8 Å². The number of thioether (sulfide) groups is 1. The first kappa shape index (κ1) is 28.9. The van der Waals surface area contributed by atoms with E-state index in [-0.39, 0.29) is 23.5 Å². The minimum Gasteiger partial charge on any atom is -0.481 e. The van der Waals surface area contributed by atoms with Crippen molar-refractivity contribution >= 4 is 52.1 Å². The maximum Gasteiger partial charge on any atom is 0.303 e. The average Bonchev–Trinajstić information content (AvgIpc) is 3.02. The van der Waals surface area contributed by atoms with Crippen molar-refractivity contribution in [1.29, 1.82) is 5.26 Å². The van der Waals surface area contributed by atoms with Crippen LogP contribution in [0.25, 0.3) is 6.08 Å². The molecule has 1 amide bonds. The molecule has 0 aromatic carbocycles. The number of anilines is 1. The fraction of sp³-hybridized carbons (Fsp3) is 0.593. The molecule has 3 rings (SSSR count). The number of nitrogens with zero attached hydrogens (tertiary/aromatic N) is 4. The monoisotopic (exact) mass is 544 g/mol. The molecule has 1 N–H and O–H groups in total. The van der Waals surface area contributed by atoms with Crippen molar-refractivity contribution < 1.29 is 14.7 Å². The number of carbonyl (C=O) groups excluding carboxylic acids is 1. The molecule has 3 heterocycles. The van der Waals surface area contributed by atoms with Crippen molar-refractivity contribution in [3.8, 4) is 6.07 Å². The lowest BCUT2D eigenvalue weighted by molar-refractivity contribution is -0.137. The number of aliphatic carboxylic acids is 1. The van der Waals surface area contributed by atoms with Crippen LogP contribution >= 0.6 is 24.0 Å². The second-order valence-corrected chi connectivity index (χ2v) is 11.3. The Morgan fingerprint density at radius 2 is 1.81 bits per heavy atom. The van der Waals surface area contributed by atoms with E-state index in [4.69, 9.17) is 17.3 Å². The molecule has 200 valence electrons. The largest absolute Gasteiger partial charge is 0.481 e. The van der Waals surface area contributed by atoms with Crippen LogP contribution in [0.4, 0.5) is 5.82 Å². The molecule has 0 bridgehead atoms. The molecule has 0 radical (unpaired) electrons. The van der Waals surface area contributed by atoms with Crippen LogP contribution in [0, 0.1) is 18.3 Å². The highest BCUT2D eigenvalue weighted by atomic mass is 32.2. The van der Waals surface area contributed by atoms with Gasteiger partial charge in [0.2, 0.25) is 0 Å². The molecule has 0 saturated carbocycles.